The summed E-state index contributed by atoms with van der Waals surface area (Å²) in [4.78, 5) is 27.4. The minimum Gasteiger partial charge on any atom is -0.396 e. The quantitative estimate of drug-likeness (QED) is 0.682. The number of primary amides is 1. The minimum atomic E-state index is -0.799. The second-order valence-corrected chi connectivity index (χ2v) is 8.93. The number of hydrogen-bond acceptors (Lipinski definition) is 5. The number of rotatable bonds is 3. The highest BCUT2D eigenvalue weighted by Crippen LogP contribution is 2.39. The number of amides is 1. The van der Waals surface area contributed by atoms with Gasteiger partial charge in [-0.05, 0) is 65.7 Å². The van der Waals surface area contributed by atoms with Crippen LogP contribution in [0.3, 0.4) is 0 Å². The molecule has 2 aliphatic rings. The molecule has 7 nitrogen and oxygen atoms in total. The summed E-state index contributed by atoms with van der Waals surface area (Å²) < 4.78 is 17.1. The van der Waals surface area contributed by atoms with Gasteiger partial charge in [0.15, 0.2) is 5.82 Å². The number of fused-ring (bicyclic) bond motifs is 3. The zero-order chi connectivity index (χ0) is 21.1. The van der Waals surface area contributed by atoms with E-state index < -0.39 is 17.2 Å². The van der Waals surface area contributed by atoms with Gasteiger partial charge in [-0.25, -0.2) is 4.39 Å². The minimum absolute atomic E-state index is 0.0314. The maximum atomic E-state index is 15.2. The van der Waals surface area contributed by atoms with Crippen LogP contribution >= 0.6 is 0 Å². The van der Waals surface area contributed by atoms with Gasteiger partial charge >= 0.3 is 0 Å². The Balaban J connectivity index is 1.95. The van der Waals surface area contributed by atoms with Crippen molar-refractivity contribution in [2.24, 2.45) is 5.73 Å². The van der Waals surface area contributed by atoms with E-state index in [0.29, 0.717) is 23.3 Å². The lowest BCUT2D eigenvalue weighted by atomic mass is 10.0. The third-order valence-electron chi connectivity index (χ3n) is 6.44. The topological polar surface area (TPSA) is 106 Å². The molecule has 8 heteroatoms. The summed E-state index contributed by atoms with van der Waals surface area (Å²) in [5, 5.41) is 3.32. The molecule has 1 aromatic carbocycles. The van der Waals surface area contributed by atoms with E-state index in [1.165, 1.54) is 0 Å². The highest BCUT2D eigenvalue weighted by molar-refractivity contribution is 6.02. The van der Waals surface area contributed by atoms with Crippen molar-refractivity contribution in [2.75, 3.05) is 31.2 Å². The number of carbonyl (C=O) groups excluding carboxylic acids is 1. The average molecular weight is 401 g/mol. The van der Waals surface area contributed by atoms with Crippen LogP contribution in [-0.2, 0) is 12.0 Å². The summed E-state index contributed by atoms with van der Waals surface area (Å²) in [6.07, 6.45) is 3.11. The van der Waals surface area contributed by atoms with Crippen LogP contribution in [0.2, 0.25) is 0 Å². The van der Waals surface area contributed by atoms with Gasteiger partial charge in [0, 0.05) is 17.3 Å². The maximum absolute atomic E-state index is 15.2. The second kappa shape index (κ2) is 6.73. The van der Waals surface area contributed by atoms with E-state index in [1.54, 1.807) is 6.07 Å². The highest BCUT2D eigenvalue weighted by atomic mass is 19.1. The molecule has 0 atom stereocenters. The first-order valence-corrected chi connectivity index (χ1v) is 10.1. The lowest BCUT2D eigenvalue weighted by Crippen LogP contribution is -2.37. The van der Waals surface area contributed by atoms with E-state index in [1.807, 2.05) is 18.4 Å². The molecule has 0 spiro atoms. The van der Waals surface area contributed by atoms with E-state index in [-0.39, 0.29) is 28.2 Å². The van der Waals surface area contributed by atoms with Crippen LogP contribution in [-0.4, -0.2) is 41.6 Å². The number of benzene rings is 1. The SMILES string of the molecule is CN1CCC(Nc2cc3c(c(N)c2F)c(=O)c(C(N)=O)c2n3C(C)(C)CC2)CC1. The highest BCUT2D eigenvalue weighted by Gasteiger charge is 2.36. The molecule has 0 saturated carbocycles. The smallest absolute Gasteiger partial charge is 0.254 e. The molecule has 156 valence electrons. The number of nitrogens with two attached hydrogens (primary N) is 2. The van der Waals surface area contributed by atoms with Crippen LogP contribution in [0.15, 0.2) is 10.9 Å². The molecule has 0 aliphatic carbocycles. The molecule has 5 N–H and O–H groups in total. The van der Waals surface area contributed by atoms with E-state index in [0.717, 1.165) is 32.4 Å². The van der Waals surface area contributed by atoms with Crippen molar-refractivity contribution in [2.45, 2.75) is 51.1 Å². The van der Waals surface area contributed by atoms with E-state index in [4.69, 9.17) is 11.5 Å². The summed E-state index contributed by atoms with van der Waals surface area (Å²) in [5.41, 5.74) is 11.8. The van der Waals surface area contributed by atoms with E-state index >= 15 is 4.39 Å². The number of piperidine rings is 1. The van der Waals surface area contributed by atoms with Crippen molar-refractivity contribution >= 4 is 28.2 Å². The number of aromatic nitrogens is 1. The molecule has 29 heavy (non-hydrogen) atoms. The monoisotopic (exact) mass is 401 g/mol. The number of pyridine rings is 1. The fourth-order valence-electron chi connectivity index (χ4n) is 4.79. The Morgan fingerprint density at radius 1 is 1.31 bits per heavy atom. The zero-order valence-corrected chi connectivity index (χ0v) is 17.1. The predicted molar refractivity (Wildman–Crippen MR) is 113 cm³/mol. The largest absolute Gasteiger partial charge is 0.396 e. The van der Waals surface area contributed by atoms with Crippen molar-refractivity contribution < 1.29 is 9.18 Å². The summed E-state index contributed by atoms with van der Waals surface area (Å²) in [7, 11) is 2.07. The zero-order valence-electron chi connectivity index (χ0n) is 17.1. The van der Waals surface area contributed by atoms with Gasteiger partial charge in [0.1, 0.15) is 5.56 Å². The standard InChI is InChI=1S/C21H28FN5O2/c1-21(2)7-4-13-16(20(24)29)19(28)15-14(27(13)21)10-12(17(22)18(15)23)25-11-5-8-26(3)9-6-11/h10-11,25H,4-9,23H2,1-3H3,(H2,24,29). The molecule has 1 aromatic heterocycles. The predicted octanol–water partition coefficient (Wildman–Crippen LogP) is 2.01. The van der Waals surface area contributed by atoms with Crippen LogP contribution in [0.4, 0.5) is 15.8 Å². The van der Waals surface area contributed by atoms with Crippen molar-refractivity contribution in [1.29, 1.82) is 0 Å². The number of halogens is 1. The normalized spacial score (nSPS) is 19.4. The second-order valence-electron chi connectivity index (χ2n) is 8.93. The number of hydrogen-bond donors (Lipinski definition) is 3. The Morgan fingerprint density at radius 3 is 2.59 bits per heavy atom. The van der Waals surface area contributed by atoms with Crippen LogP contribution in [0.1, 0.15) is 49.2 Å². The molecule has 0 radical (unpaired) electrons. The summed E-state index contributed by atoms with van der Waals surface area (Å²) in [6.45, 7) is 5.93. The Morgan fingerprint density at radius 2 is 1.97 bits per heavy atom. The van der Waals surface area contributed by atoms with Crippen LogP contribution in [0, 0.1) is 5.82 Å². The van der Waals surface area contributed by atoms with E-state index in [9.17, 15) is 9.59 Å². The molecule has 1 amide bonds. The fraction of sp³-hybridized carbons (Fsp3) is 0.524. The first kappa shape index (κ1) is 19.7. The first-order valence-electron chi connectivity index (χ1n) is 10.1. The first-order chi connectivity index (χ1) is 13.6. The third-order valence-corrected chi connectivity index (χ3v) is 6.44. The van der Waals surface area contributed by atoms with Crippen LogP contribution in [0.25, 0.3) is 10.9 Å². The fourth-order valence-corrected chi connectivity index (χ4v) is 4.79. The number of nitrogens with zero attached hydrogens (tertiary/aromatic N) is 2. The van der Waals surface area contributed by atoms with Crippen molar-refractivity contribution in [3.05, 3.63) is 33.4 Å². The Bertz CT molecular complexity index is 1070. The van der Waals surface area contributed by atoms with Crippen LogP contribution < -0.4 is 22.2 Å². The van der Waals surface area contributed by atoms with Gasteiger partial charge in [0.25, 0.3) is 5.91 Å². The molecular formula is C21H28FN5O2. The molecule has 2 aliphatic heterocycles. The molecule has 2 aromatic rings. The molecule has 1 saturated heterocycles. The van der Waals surface area contributed by atoms with Gasteiger partial charge in [0.2, 0.25) is 5.43 Å². The molecular weight excluding hydrogens is 373 g/mol. The van der Waals surface area contributed by atoms with Gasteiger partial charge in [-0.1, -0.05) is 0 Å². The van der Waals surface area contributed by atoms with Crippen molar-refractivity contribution in [3.63, 3.8) is 0 Å². The lowest BCUT2D eigenvalue weighted by Gasteiger charge is -2.31. The Labute approximate surface area is 168 Å². The van der Waals surface area contributed by atoms with Gasteiger partial charge in [0.05, 0.1) is 22.3 Å². The van der Waals surface area contributed by atoms with E-state index in [2.05, 4.69) is 17.3 Å². The van der Waals surface area contributed by atoms with Gasteiger partial charge in [-0.15, -0.1) is 0 Å². The third kappa shape index (κ3) is 3.06. The van der Waals surface area contributed by atoms with Crippen molar-refractivity contribution in [1.82, 2.24) is 9.47 Å². The molecule has 3 heterocycles. The van der Waals surface area contributed by atoms with Gasteiger partial charge in [-0.3, -0.25) is 9.59 Å². The number of likely N-dealkylation sites (tertiary alicyclic amines) is 1. The van der Waals surface area contributed by atoms with Crippen molar-refractivity contribution in [3.8, 4) is 0 Å². The molecule has 1 fully saturated rings. The number of carbonyl (C=O) groups is 1. The average Bonchev–Trinajstić information content (AvgIpc) is 2.96. The maximum Gasteiger partial charge on any atom is 0.254 e. The molecule has 0 unspecified atom stereocenters. The van der Waals surface area contributed by atoms with Gasteiger partial charge < -0.3 is 26.3 Å². The lowest BCUT2D eigenvalue weighted by molar-refractivity contribution is 0.0998. The Hall–Kier alpha value is -2.61. The van der Waals surface area contributed by atoms with Crippen LogP contribution in [0.5, 0.6) is 0 Å². The molecule has 0 bridgehead atoms. The number of nitrogen functional groups attached to an aromatic ring is 1. The summed E-state index contributed by atoms with van der Waals surface area (Å²) >= 11 is 0. The van der Waals surface area contributed by atoms with Gasteiger partial charge in [-0.2, -0.15) is 0 Å². The summed E-state index contributed by atoms with van der Waals surface area (Å²) in [5.74, 6) is -1.45. The number of anilines is 2. The molecule has 4 rings (SSSR count). The number of nitrogens with one attached hydrogen (secondary N) is 1. The summed E-state index contributed by atoms with van der Waals surface area (Å²) in [6, 6.07) is 1.81. The Kier molecular flexibility index (Phi) is 4.57.